The second-order valence-corrected chi connectivity index (χ2v) is 4.09. The van der Waals surface area contributed by atoms with E-state index in [0.29, 0.717) is 28.5 Å². The van der Waals surface area contributed by atoms with Crippen molar-refractivity contribution in [3.63, 3.8) is 0 Å². The molecule has 0 unspecified atom stereocenters. The Balaban J connectivity index is 2.13. The zero-order valence-electron chi connectivity index (χ0n) is 10.0. The Morgan fingerprint density at radius 3 is 2.83 bits per heavy atom. The number of aromatic nitrogens is 1. The molecule has 2 heterocycles. The summed E-state index contributed by atoms with van der Waals surface area (Å²) in [7, 11) is 0. The summed E-state index contributed by atoms with van der Waals surface area (Å²) < 4.78 is 15.6. The first-order chi connectivity index (χ1) is 8.66. The number of benzene rings is 1. The van der Waals surface area contributed by atoms with Crippen LogP contribution in [0, 0.1) is 6.92 Å². The highest BCUT2D eigenvalue weighted by Crippen LogP contribution is 2.36. The van der Waals surface area contributed by atoms with Gasteiger partial charge in [0.2, 0.25) is 6.79 Å². The van der Waals surface area contributed by atoms with Crippen molar-refractivity contribution < 1.29 is 18.8 Å². The molecule has 1 aliphatic rings. The van der Waals surface area contributed by atoms with Crippen LogP contribution in [-0.4, -0.2) is 17.7 Å². The average Bonchev–Trinajstić information content (AvgIpc) is 2.93. The number of aryl methyl sites for hydroxylation is 1. The number of carbonyl (C=O) groups excluding carboxylic acids is 1. The molecule has 0 atom stereocenters. The van der Waals surface area contributed by atoms with Crippen molar-refractivity contribution in [2.75, 3.05) is 6.79 Å². The number of ketones is 1. The van der Waals surface area contributed by atoms with Crippen molar-refractivity contribution in [2.45, 2.75) is 13.8 Å². The molecular formula is C13H11NO4. The van der Waals surface area contributed by atoms with E-state index < -0.39 is 0 Å². The molecular weight excluding hydrogens is 234 g/mol. The molecule has 0 saturated heterocycles. The van der Waals surface area contributed by atoms with Gasteiger partial charge in [0.25, 0.3) is 0 Å². The number of rotatable bonds is 2. The number of carbonyl (C=O) groups is 1. The van der Waals surface area contributed by atoms with Gasteiger partial charge in [-0.1, -0.05) is 5.16 Å². The number of Topliss-reactive ketones (excluding diaryl/α,β-unsaturated/α-hetero) is 1. The SMILES string of the molecule is CC(=O)c1c(-c2ccc3c(c2)OCO3)noc1C. The van der Waals surface area contributed by atoms with Crippen LogP contribution in [-0.2, 0) is 0 Å². The molecule has 1 aromatic carbocycles. The van der Waals surface area contributed by atoms with Crippen molar-refractivity contribution >= 4 is 5.78 Å². The van der Waals surface area contributed by atoms with E-state index in [1.807, 2.05) is 6.07 Å². The van der Waals surface area contributed by atoms with Crippen molar-refractivity contribution in [3.05, 3.63) is 29.5 Å². The Bertz CT molecular complexity index is 630. The van der Waals surface area contributed by atoms with Crippen LogP contribution < -0.4 is 9.47 Å². The molecule has 92 valence electrons. The van der Waals surface area contributed by atoms with Crippen LogP contribution >= 0.6 is 0 Å². The lowest BCUT2D eigenvalue weighted by Crippen LogP contribution is -1.95. The first-order valence-corrected chi connectivity index (χ1v) is 5.54. The maximum atomic E-state index is 11.6. The van der Waals surface area contributed by atoms with E-state index in [1.54, 1.807) is 19.1 Å². The van der Waals surface area contributed by atoms with Gasteiger partial charge in [0.15, 0.2) is 17.3 Å². The largest absolute Gasteiger partial charge is 0.454 e. The Hall–Kier alpha value is -2.30. The zero-order valence-corrected chi connectivity index (χ0v) is 10.0. The Morgan fingerprint density at radius 2 is 2.06 bits per heavy atom. The summed E-state index contributed by atoms with van der Waals surface area (Å²) in [6.07, 6.45) is 0. The number of hydrogen-bond donors (Lipinski definition) is 0. The van der Waals surface area contributed by atoms with Crippen molar-refractivity contribution in [3.8, 4) is 22.8 Å². The summed E-state index contributed by atoms with van der Waals surface area (Å²) in [5.74, 6) is 1.81. The zero-order chi connectivity index (χ0) is 12.7. The smallest absolute Gasteiger partial charge is 0.231 e. The van der Waals surface area contributed by atoms with Gasteiger partial charge in [-0.15, -0.1) is 0 Å². The van der Waals surface area contributed by atoms with Gasteiger partial charge in [0.05, 0.1) is 5.56 Å². The lowest BCUT2D eigenvalue weighted by atomic mass is 10.0. The molecule has 5 nitrogen and oxygen atoms in total. The van der Waals surface area contributed by atoms with Gasteiger partial charge in [-0.25, -0.2) is 0 Å². The number of hydrogen-bond acceptors (Lipinski definition) is 5. The Labute approximate surface area is 103 Å². The molecule has 2 aromatic rings. The van der Waals surface area contributed by atoms with Crippen LogP contribution in [0.1, 0.15) is 23.0 Å². The van der Waals surface area contributed by atoms with Crippen LogP contribution in [0.4, 0.5) is 0 Å². The number of nitrogens with zero attached hydrogens (tertiary/aromatic N) is 1. The highest BCUT2D eigenvalue weighted by molar-refractivity contribution is 6.00. The van der Waals surface area contributed by atoms with Crippen LogP contribution in [0.2, 0.25) is 0 Å². The van der Waals surface area contributed by atoms with Gasteiger partial charge in [-0.3, -0.25) is 4.79 Å². The van der Waals surface area contributed by atoms with E-state index in [4.69, 9.17) is 14.0 Å². The predicted octanol–water partition coefficient (Wildman–Crippen LogP) is 2.58. The quantitative estimate of drug-likeness (QED) is 0.761. The Kier molecular flexibility index (Phi) is 2.33. The maximum Gasteiger partial charge on any atom is 0.231 e. The third kappa shape index (κ3) is 1.55. The molecule has 0 N–H and O–H groups in total. The molecule has 0 spiro atoms. The molecule has 0 radical (unpaired) electrons. The summed E-state index contributed by atoms with van der Waals surface area (Å²) in [6.45, 7) is 3.44. The van der Waals surface area contributed by atoms with Crippen molar-refractivity contribution in [2.24, 2.45) is 0 Å². The second kappa shape index (κ2) is 3.87. The molecule has 18 heavy (non-hydrogen) atoms. The lowest BCUT2D eigenvalue weighted by molar-refractivity contribution is 0.101. The fourth-order valence-electron chi connectivity index (χ4n) is 2.03. The molecule has 3 rings (SSSR count). The van der Waals surface area contributed by atoms with E-state index in [-0.39, 0.29) is 12.6 Å². The van der Waals surface area contributed by atoms with Crippen LogP contribution in [0.3, 0.4) is 0 Å². The van der Waals surface area contributed by atoms with Crippen LogP contribution in [0.25, 0.3) is 11.3 Å². The highest BCUT2D eigenvalue weighted by Gasteiger charge is 2.21. The fourth-order valence-corrected chi connectivity index (χ4v) is 2.03. The predicted molar refractivity (Wildman–Crippen MR) is 62.8 cm³/mol. The summed E-state index contributed by atoms with van der Waals surface area (Å²) in [6, 6.07) is 5.43. The molecule has 5 heteroatoms. The third-order valence-electron chi connectivity index (χ3n) is 2.86. The van der Waals surface area contributed by atoms with Crippen LogP contribution in [0.15, 0.2) is 22.7 Å². The topological polar surface area (TPSA) is 61.6 Å². The molecule has 0 saturated carbocycles. The first-order valence-electron chi connectivity index (χ1n) is 5.54. The fraction of sp³-hybridized carbons (Fsp3) is 0.231. The molecule has 0 aliphatic carbocycles. The van der Waals surface area contributed by atoms with Gasteiger partial charge in [-0.2, -0.15) is 0 Å². The van der Waals surface area contributed by atoms with E-state index in [9.17, 15) is 4.79 Å². The number of fused-ring (bicyclic) bond motifs is 1. The van der Waals surface area contributed by atoms with E-state index >= 15 is 0 Å². The van der Waals surface area contributed by atoms with Crippen molar-refractivity contribution in [1.29, 1.82) is 0 Å². The minimum absolute atomic E-state index is 0.0681. The minimum Gasteiger partial charge on any atom is -0.454 e. The molecule has 0 fully saturated rings. The van der Waals surface area contributed by atoms with Crippen molar-refractivity contribution in [1.82, 2.24) is 5.16 Å². The summed E-state index contributed by atoms with van der Waals surface area (Å²) in [5.41, 5.74) is 1.83. The third-order valence-corrected chi connectivity index (χ3v) is 2.86. The summed E-state index contributed by atoms with van der Waals surface area (Å²) >= 11 is 0. The first kappa shape index (κ1) is 10.8. The highest BCUT2D eigenvalue weighted by atomic mass is 16.7. The summed E-state index contributed by atoms with van der Waals surface area (Å²) in [5, 5.41) is 3.94. The van der Waals surface area contributed by atoms with E-state index in [2.05, 4.69) is 5.16 Å². The summed E-state index contributed by atoms with van der Waals surface area (Å²) in [4.78, 5) is 11.6. The van der Waals surface area contributed by atoms with Gasteiger partial charge in [-0.05, 0) is 32.0 Å². The lowest BCUT2D eigenvalue weighted by Gasteiger charge is -2.01. The Morgan fingerprint density at radius 1 is 1.28 bits per heavy atom. The molecule has 0 amide bonds. The van der Waals surface area contributed by atoms with Gasteiger partial charge >= 0.3 is 0 Å². The van der Waals surface area contributed by atoms with E-state index in [1.165, 1.54) is 6.92 Å². The van der Waals surface area contributed by atoms with Gasteiger partial charge in [0, 0.05) is 5.56 Å². The standard InChI is InChI=1S/C13H11NO4/c1-7(15)12-8(2)18-14-13(12)9-3-4-10-11(5-9)17-6-16-10/h3-5H,6H2,1-2H3. The number of ether oxygens (including phenoxy) is 2. The van der Waals surface area contributed by atoms with Crippen LogP contribution in [0.5, 0.6) is 11.5 Å². The van der Waals surface area contributed by atoms with Gasteiger partial charge < -0.3 is 14.0 Å². The molecule has 1 aliphatic heterocycles. The average molecular weight is 245 g/mol. The molecule has 1 aromatic heterocycles. The van der Waals surface area contributed by atoms with Gasteiger partial charge in [0.1, 0.15) is 11.5 Å². The molecule has 0 bridgehead atoms. The second-order valence-electron chi connectivity index (χ2n) is 4.09. The minimum atomic E-state index is -0.0681. The maximum absolute atomic E-state index is 11.6. The monoisotopic (exact) mass is 245 g/mol. The van der Waals surface area contributed by atoms with E-state index in [0.717, 1.165) is 5.56 Å². The normalized spacial score (nSPS) is 12.8.